The summed E-state index contributed by atoms with van der Waals surface area (Å²) in [5.74, 6) is 0.231. The summed E-state index contributed by atoms with van der Waals surface area (Å²) in [6.45, 7) is 3.06. The molecule has 1 unspecified atom stereocenters. The van der Waals surface area contributed by atoms with Crippen LogP contribution < -0.4 is 5.73 Å². The van der Waals surface area contributed by atoms with Crippen molar-refractivity contribution in [3.05, 3.63) is 29.8 Å². The molecule has 0 radical (unpaired) electrons. The number of anilines is 1. The first-order valence-electron chi connectivity index (χ1n) is 6.80. The Morgan fingerprint density at radius 2 is 2.22 bits per heavy atom. The molecular weight excluding hydrogens is 224 g/mol. The van der Waals surface area contributed by atoms with E-state index in [4.69, 9.17) is 5.73 Å². The van der Waals surface area contributed by atoms with Gasteiger partial charge in [-0.15, -0.1) is 0 Å². The highest BCUT2D eigenvalue weighted by Gasteiger charge is 2.21. The van der Waals surface area contributed by atoms with Gasteiger partial charge in [0.05, 0.1) is 6.42 Å². The monoisotopic (exact) mass is 246 g/mol. The summed E-state index contributed by atoms with van der Waals surface area (Å²) >= 11 is 0. The summed E-state index contributed by atoms with van der Waals surface area (Å²) in [6.07, 6.45) is 5.21. The van der Waals surface area contributed by atoms with Crippen molar-refractivity contribution in [2.45, 2.75) is 45.1 Å². The predicted octanol–water partition coefficient (Wildman–Crippen LogP) is 2.60. The van der Waals surface area contributed by atoms with E-state index in [-0.39, 0.29) is 5.91 Å². The van der Waals surface area contributed by atoms with Gasteiger partial charge in [-0.1, -0.05) is 25.0 Å². The highest BCUT2D eigenvalue weighted by Crippen LogP contribution is 2.18. The van der Waals surface area contributed by atoms with Crippen molar-refractivity contribution in [2.24, 2.45) is 0 Å². The van der Waals surface area contributed by atoms with Gasteiger partial charge < -0.3 is 10.6 Å². The lowest BCUT2D eigenvalue weighted by Gasteiger charge is -2.27. The molecule has 1 amide bonds. The smallest absolute Gasteiger partial charge is 0.227 e. The summed E-state index contributed by atoms with van der Waals surface area (Å²) in [5.41, 5.74) is 7.48. The number of hydrogen-bond acceptors (Lipinski definition) is 2. The number of amides is 1. The number of nitrogens with two attached hydrogens (primary N) is 1. The van der Waals surface area contributed by atoms with Crippen LogP contribution in [-0.4, -0.2) is 23.4 Å². The first-order chi connectivity index (χ1) is 8.66. The van der Waals surface area contributed by atoms with Crippen LogP contribution in [0.2, 0.25) is 0 Å². The van der Waals surface area contributed by atoms with Crippen molar-refractivity contribution in [1.82, 2.24) is 4.90 Å². The topological polar surface area (TPSA) is 46.3 Å². The minimum Gasteiger partial charge on any atom is -0.399 e. The van der Waals surface area contributed by atoms with Crippen molar-refractivity contribution < 1.29 is 4.79 Å². The lowest BCUT2D eigenvalue weighted by Crippen LogP contribution is -2.39. The van der Waals surface area contributed by atoms with Crippen molar-refractivity contribution in [3.63, 3.8) is 0 Å². The third-order valence-corrected chi connectivity index (χ3v) is 3.68. The molecular formula is C15H22N2O. The van der Waals surface area contributed by atoms with Gasteiger partial charge in [-0.25, -0.2) is 0 Å². The number of carbonyl (C=O) groups is 1. The average molecular weight is 246 g/mol. The molecule has 1 heterocycles. The van der Waals surface area contributed by atoms with Gasteiger partial charge in [-0.3, -0.25) is 4.79 Å². The second-order valence-corrected chi connectivity index (χ2v) is 5.21. The van der Waals surface area contributed by atoms with Gasteiger partial charge in [0.15, 0.2) is 0 Å². The molecule has 0 bridgehead atoms. The van der Waals surface area contributed by atoms with Gasteiger partial charge >= 0.3 is 0 Å². The molecule has 18 heavy (non-hydrogen) atoms. The quantitative estimate of drug-likeness (QED) is 0.815. The van der Waals surface area contributed by atoms with Crippen molar-refractivity contribution in [3.8, 4) is 0 Å². The molecule has 3 nitrogen and oxygen atoms in total. The van der Waals surface area contributed by atoms with Crippen LogP contribution in [-0.2, 0) is 11.2 Å². The molecule has 0 spiro atoms. The molecule has 1 aliphatic heterocycles. The summed E-state index contributed by atoms with van der Waals surface area (Å²) < 4.78 is 0. The normalized spacial score (nSPS) is 20.5. The third kappa shape index (κ3) is 3.25. The van der Waals surface area contributed by atoms with Crippen molar-refractivity contribution >= 4 is 11.6 Å². The van der Waals surface area contributed by atoms with E-state index in [1.807, 2.05) is 29.2 Å². The maximum atomic E-state index is 12.3. The van der Waals surface area contributed by atoms with Crippen LogP contribution >= 0.6 is 0 Å². The Morgan fingerprint density at radius 1 is 1.39 bits per heavy atom. The summed E-state index contributed by atoms with van der Waals surface area (Å²) in [6, 6.07) is 7.99. The molecule has 98 valence electrons. The molecule has 1 aromatic carbocycles. The van der Waals surface area contributed by atoms with E-state index in [1.54, 1.807) is 0 Å². The van der Waals surface area contributed by atoms with Gasteiger partial charge in [-0.05, 0) is 37.5 Å². The Morgan fingerprint density at radius 3 is 3.00 bits per heavy atom. The van der Waals surface area contributed by atoms with E-state index in [9.17, 15) is 4.79 Å². The van der Waals surface area contributed by atoms with E-state index in [1.165, 1.54) is 12.8 Å². The molecule has 1 fully saturated rings. The molecule has 3 heteroatoms. The largest absolute Gasteiger partial charge is 0.399 e. The number of nitrogen functional groups attached to an aromatic ring is 1. The highest BCUT2D eigenvalue weighted by molar-refractivity contribution is 5.79. The molecule has 1 aromatic rings. The van der Waals surface area contributed by atoms with Crippen LogP contribution in [0.3, 0.4) is 0 Å². The van der Waals surface area contributed by atoms with Crippen molar-refractivity contribution in [1.29, 1.82) is 0 Å². The van der Waals surface area contributed by atoms with Gasteiger partial charge in [0, 0.05) is 18.3 Å². The maximum absolute atomic E-state index is 12.3. The Kier molecular flexibility index (Phi) is 4.24. The molecule has 1 saturated heterocycles. The number of hydrogen-bond donors (Lipinski definition) is 1. The standard InChI is InChI=1S/C15H22N2O/c1-12-6-3-2-4-9-17(12)15(18)11-13-7-5-8-14(16)10-13/h5,7-8,10,12H,2-4,6,9,11,16H2,1H3. The fourth-order valence-corrected chi connectivity index (χ4v) is 2.62. The third-order valence-electron chi connectivity index (χ3n) is 3.68. The Labute approximate surface area is 109 Å². The minimum atomic E-state index is 0.231. The van der Waals surface area contributed by atoms with E-state index in [0.29, 0.717) is 12.5 Å². The lowest BCUT2D eigenvalue weighted by atomic mass is 10.1. The Balaban J connectivity index is 2.02. The first kappa shape index (κ1) is 12.9. The second-order valence-electron chi connectivity index (χ2n) is 5.21. The van der Waals surface area contributed by atoms with Gasteiger partial charge in [0.1, 0.15) is 0 Å². The minimum absolute atomic E-state index is 0.231. The van der Waals surface area contributed by atoms with Gasteiger partial charge in [0.2, 0.25) is 5.91 Å². The highest BCUT2D eigenvalue weighted by atomic mass is 16.2. The molecule has 1 atom stereocenters. The SMILES string of the molecule is CC1CCCCCN1C(=O)Cc1cccc(N)c1. The number of carbonyl (C=O) groups excluding carboxylic acids is 1. The molecule has 2 rings (SSSR count). The molecule has 0 aliphatic carbocycles. The lowest BCUT2D eigenvalue weighted by molar-refractivity contribution is -0.132. The number of likely N-dealkylation sites (tertiary alicyclic amines) is 1. The number of nitrogens with zero attached hydrogens (tertiary/aromatic N) is 1. The van der Waals surface area contributed by atoms with Gasteiger partial charge in [0.25, 0.3) is 0 Å². The zero-order valence-electron chi connectivity index (χ0n) is 11.1. The summed E-state index contributed by atoms with van der Waals surface area (Å²) in [7, 11) is 0. The van der Waals surface area contributed by atoms with Crippen molar-refractivity contribution in [2.75, 3.05) is 12.3 Å². The van der Waals surface area contributed by atoms with E-state index < -0.39 is 0 Å². The second kappa shape index (κ2) is 5.89. The molecule has 2 N–H and O–H groups in total. The molecule has 0 saturated carbocycles. The molecule has 0 aromatic heterocycles. The fraction of sp³-hybridized carbons (Fsp3) is 0.533. The number of rotatable bonds is 2. The van der Waals surface area contributed by atoms with E-state index in [0.717, 1.165) is 30.6 Å². The zero-order chi connectivity index (χ0) is 13.0. The average Bonchev–Trinajstić information content (AvgIpc) is 2.54. The van der Waals surface area contributed by atoms with E-state index in [2.05, 4.69) is 6.92 Å². The number of benzene rings is 1. The molecule has 1 aliphatic rings. The van der Waals surface area contributed by atoms with Crippen LogP contribution in [0.5, 0.6) is 0 Å². The first-order valence-corrected chi connectivity index (χ1v) is 6.80. The van der Waals surface area contributed by atoms with E-state index >= 15 is 0 Å². The Bertz CT molecular complexity index is 417. The van der Waals surface area contributed by atoms with Crippen LogP contribution in [0, 0.1) is 0 Å². The predicted molar refractivity (Wildman–Crippen MR) is 74.2 cm³/mol. The summed E-state index contributed by atoms with van der Waals surface area (Å²) in [5, 5.41) is 0. The van der Waals surface area contributed by atoms with Gasteiger partial charge in [-0.2, -0.15) is 0 Å². The van der Waals surface area contributed by atoms with Crippen LogP contribution in [0.15, 0.2) is 24.3 Å². The fourth-order valence-electron chi connectivity index (χ4n) is 2.62. The summed E-state index contributed by atoms with van der Waals surface area (Å²) in [4.78, 5) is 14.4. The Hall–Kier alpha value is -1.51. The van der Waals surface area contributed by atoms with Crippen LogP contribution in [0.1, 0.15) is 38.2 Å². The van der Waals surface area contributed by atoms with Crippen LogP contribution in [0.4, 0.5) is 5.69 Å². The van der Waals surface area contributed by atoms with Crippen LogP contribution in [0.25, 0.3) is 0 Å². The maximum Gasteiger partial charge on any atom is 0.227 e. The zero-order valence-corrected chi connectivity index (χ0v) is 11.1.